The topological polar surface area (TPSA) is 71.4 Å². The first-order valence-electron chi connectivity index (χ1n) is 5.85. The average Bonchev–Trinajstić information content (AvgIpc) is 2.27. The number of carboxylic acid groups (broad SMARTS) is 1. The standard InChI is InChI=1S/C11H20O4S/c1-3-9-5-4-6-10(7-9)16(14,15)8(2)11(12)13/h8-10H,3-7H2,1-2H3,(H,12,13). The normalized spacial score (nSPS) is 28.6. The minimum Gasteiger partial charge on any atom is -0.480 e. The molecule has 0 aromatic rings. The van der Waals surface area contributed by atoms with Crippen molar-refractivity contribution in [2.75, 3.05) is 0 Å². The molecule has 1 aliphatic carbocycles. The Bertz CT molecular complexity index is 347. The minimum absolute atomic E-state index is 0.439. The summed E-state index contributed by atoms with van der Waals surface area (Å²) in [7, 11) is -3.50. The number of sulfone groups is 1. The molecule has 94 valence electrons. The molecule has 0 heterocycles. The molecule has 1 aliphatic rings. The van der Waals surface area contributed by atoms with Crippen LogP contribution in [-0.2, 0) is 14.6 Å². The maximum Gasteiger partial charge on any atom is 0.321 e. The van der Waals surface area contributed by atoms with Gasteiger partial charge < -0.3 is 5.11 Å². The van der Waals surface area contributed by atoms with Crippen LogP contribution in [0, 0.1) is 5.92 Å². The highest BCUT2D eigenvalue weighted by Gasteiger charge is 2.37. The minimum atomic E-state index is -3.50. The number of carboxylic acids is 1. The van der Waals surface area contributed by atoms with Gasteiger partial charge in [0.05, 0.1) is 5.25 Å². The van der Waals surface area contributed by atoms with Crippen molar-refractivity contribution < 1.29 is 18.3 Å². The largest absolute Gasteiger partial charge is 0.480 e. The summed E-state index contributed by atoms with van der Waals surface area (Å²) < 4.78 is 24.0. The molecule has 0 aromatic heterocycles. The summed E-state index contributed by atoms with van der Waals surface area (Å²) in [5, 5.41) is 7.07. The third-order valence-corrected chi connectivity index (χ3v) is 6.16. The molecule has 3 atom stereocenters. The fraction of sp³-hybridized carbons (Fsp3) is 0.909. The number of hydrogen-bond acceptors (Lipinski definition) is 3. The van der Waals surface area contributed by atoms with Crippen LogP contribution >= 0.6 is 0 Å². The first-order chi connectivity index (χ1) is 7.39. The van der Waals surface area contributed by atoms with Crippen molar-refractivity contribution in [3.8, 4) is 0 Å². The molecule has 1 saturated carbocycles. The second kappa shape index (κ2) is 5.17. The van der Waals surface area contributed by atoms with Gasteiger partial charge in [0.1, 0.15) is 0 Å². The van der Waals surface area contributed by atoms with E-state index in [4.69, 9.17) is 5.11 Å². The van der Waals surface area contributed by atoms with Gasteiger partial charge in [0.2, 0.25) is 0 Å². The van der Waals surface area contributed by atoms with Crippen LogP contribution in [0.4, 0.5) is 0 Å². The van der Waals surface area contributed by atoms with Crippen molar-refractivity contribution >= 4 is 15.8 Å². The van der Waals surface area contributed by atoms with Crippen molar-refractivity contribution in [1.29, 1.82) is 0 Å². The fourth-order valence-corrected chi connectivity index (χ4v) is 4.23. The summed E-state index contributed by atoms with van der Waals surface area (Å²) >= 11 is 0. The van der Waals surface area contributed by atoms with E-state index in [2.05, 4.69) is 6.92 Å². The quantitative estimate of drug-likeness (QED) is 0.824. The average molecular weight is 248 g/mol. The van der Waals surface area contributed by atoms with E-state index in [-0.39, 0.29) is 0 Å². The van der Waals surface area contributed by atoms with Crippen LogP contribution in [0.5, 0.6) is 0 Å². The predicted molar refractivity (Wildman–Crippen MR) is 62.1 cm³/mol. The van der Waals surface area contributed by atoms with Crippen molar-refractivity contribution in [3.63, 3.8) is 0 Å². The van der Waals surface area contributed by atoms with Gasteiger partial charge in [-0.1, -0.05) is 26.2 Å². The molecule has 0 bridgehead atoms. The predicted octanol–water partition coefficient (Wildman–Crippen LogP) is 1.84. The second-order valence-electron chi connectivity index (χ2n) is 4.63. The molecule has 0 aromatic carbocycles. The maximum absolute atomic E-state index is 12.0. The molecular formula is C11H20O4S. The van der Waals surface area contributed by atoms with Gasteiger partial charge in [0.15, 0.2) is 15.1 Å². The Morgan fingerprint density at radius 3 is 2.56 bits per heavy atom. The molecule has 0 aliphatic heterocycles. The lowest BCUT2D eigenvalue weighted by atomic mass is 9.87. The molecule has 5 heteroatoms. The van der Waals surface area contributed by atoms with E-state index in [1.54, 1.807) is 0 Å². The van der Waals surface area contributed by atoms with Gasteiger partial charge in [-0.2, -0.15) is 0 Å². The van der Waals surface area contributed by atoms with Gasteiger partial charge in [-0.25, -0.2) is 8.42 Å². The number of hydrogen-bond donors (Lipinski definition) is 1. The number of aliphatic carboxylic acids is 1. The fourth-order valence-electron chi connectivity index (χ4n) is 2.34. The van der Waals surface area contributed by atoms with Crippen LogP contribution in [0.3, 0.4) is 0 Å². The summed E-state index contributed by atoms with van der Waals surface area (Å²) in [5.41, 5.74) is 0. The SMILES string of the molecule is CCC1CCCC(S(=O)(=O)C(C)C(=O)O)C1. The molecule has 1 N–H and O–H groups in total. The van der Waals surface area contributed by atoms with Gasteiger partial charge >= 0.3 is 5.97 Å². The van der Waals surface area contributed by atoms with Crippen LogP contribution in [0.15, 0.2) is 0 Å². The van der Waals surface area contributed by atoms with Crippen LogP contribution < -0.4 is 0 Å². The summed E-state index contributed by atoms with van der Waals surface area (Å²) in [5.74, 6) is -0.798. The van der Waals surface area contributed by atoms with E-state index >= 15 is 0 Å². The lowest BCUT2D eigenvalue weighted by molar-refractivity contribution is -0.136. The Kier molecular flexibility index (Phi) is 4.35. The molecule has 0 radical (unpaired) electrons. The van der Waals surface area contributed by atoms with Crippen LogP contribution in [0.25, 0.3) is 0 Å². The van der Waals surface area contributed by atoms with Gasteiger partial charge in [-0.05, 0) is 25.7 Å². The van der Waals surface area contributed by atoms with Gasteiger partial charge in [-0.3, -0.25) is 4.79 Å². The summed E-state index contributed by atoms with van der Waals surface area (Å²) in [6.45, 7) is 3.33. The molecule has 1 fully saturated rings. The third kappa shape index (κ3) is 2.75. The summed E-state index contributed by atoms with van der Waals surface area (Å²) in [4.78, 5) is 10.8. The Hall–Kier alpha value is -0.580. The lowest BCUT2D eigenvalue weighted by Crippen LogP contribution is -2.38. The van der Waals surface area contributed by atoms with Crippen molar-refractivity contribution in [3.05, 3.63) is 0 Å². The molecule has 16 heavy (non-hydrogen) atoms. The lowest BCUT2D eigenvalue weighted by Gasteiger charge is -2.29. The van der Waals surface area contributed by atoms with Gasteiger partial charge in [0.25, 0.3) is 0 Å². The van der Waals surface area contributed by atoms with Crippen LogP contribution in [0.2, 0.25) is 0 Å². The Morgan fingerprint density at radius 2 is 2.06 bits per heavy atom. The summed E-state index contributed by atoms with van der Waals surface area (Å²) in [6, 6.07) is 0. The zero-order chi connectivity index (χ0) is 12.3. The van der Waals surface area contributed by atoms with E-state index < -0.39 is 26.3 Å². The third-order valence-electron chi connectivity index (χ3n) is 3.62. The van der Waals surface area contributed by atoms with Gasteiger partial charge in [-0.15, -0.1) is 0 Å². The molecule has 0 saturated heterocycles. The van der Waals surface area contributed by atoms with E-state index in [9.17, 15) is 13.2 Å². The zero-order valence-electron chi connectivity index (χ0n) is 9.85. The van der Waals surface area contributed by atoms with Crippen molar-refractivity contribution in [2.24, 2.45) is 5.92 Å². The van der Waals surface area contributed by atoms with E-state index in [1.165, 1.54) is 6.92 Å². The molecule has 0 amide bonds. The highest BCUT2D eigenvalue weighted by molar-refractivity contribution is 7.93. The highest BCUT2D eigenvalue weighted by Crippen LogP contribution is 2.32. The molecule has 3 unspecified atom stereocenters. The Morgan fingerprint density at radius 1 is 1.44 bits per heavy atom. The summed E-state index contributed by atoms with van der Waals surface area (Å²) in [6.07, 6.45) is 4.21. The number of carbonyl (C=O) groups is 1. The van der Waals surface area contributed by atoms with Crippen molar-refractivity contribution in [1.82, 2.24) is 0 Å². The van der Waals surface area contributed by atoms with Crippen molar-refractivity contribution in [2.45, 2.75) is 56.5 Å². The molecular weight excluding hydrogens is 228 g/mol. The van der Waals surface area contributed by atoms with Gasteiger partial charge in [0, 0.05) is 0 Å². The molecule has 1 rings (SSSR count). The van der Waals surface area contributed by atoms with E-state index in [1.807, 2.05) is 0 Å². The van der Waals surface area contributed by atoms with E-state index in [0.29, 0.717) is 18.8 Å². The highest BCUT2D eigenvalue weighted by atomic mass is 32.2. The first-order valence-corrected chi connectivity index (χ1v) is 7.46. The molecule has 4 nitrogen and oxygen atoms in total. The first kappa shape index (κ1) is 13.5. The Labute approximate surface area is 97.0 Å². The van der Waals surface area contributed by atoms with Crippen LogP contribution in [-0.4, -0.2) is 30.0 Å². The second-order valence-corrected chi connectivity index (χ2v) is 7.18. The molecule has 0 spiro atoms. The monoisotopic (exact) mass is 248 g/mol. The number of rotatable bonds is 4. The smallest absolute Gasteiger partial charge is 0.321 e. The Balaban J connectivity index is 2.79. The van der Waals surface area contributed by atoms with E-state index in [0.717, 1.165) is 19.3 Å². The van der Waals surface area contributed by atoms with Crippen LogP contribution in [0.1, 0.15) is 46.0 Å². The maximum atomic E-state index is 12.0. The zero-order valence-corrected chi connectivity index (χ0v) is 10.7.